The van der Waals surface area contributed by atoms with Crippen LogP contribution in [0.4, 0.5) is 0 Å². The highest BCUT2D eigenvalue weighted by Gasteiger charge is 2.34. The van der Waals surface area contributed by atoms with E-state index >= 15 is 0 Å². The average molecular weight is 362 g/mol. The summed E-state index contributed by atoms with van der Waals surface area (Å²) < 4.78 is 5.27. The van der Waals surface area contributed by atoms with Crippen LogP contribution in [0.5, 0.6) is 5.75 Å². The van der Waals surface area contributed by atoms with E-state index < -0.39 is 5.97 Å². The molecule has 1 aromatic rings. The van der Waals surface area contributed by atoms with Gasteiger partial charge in [-0.2, -0.15) is 0 Å². The Morgan fingerprint density at radius 1 is 1.31 bits per heavy atom. The van der Waals surface area contributed by atoms with Crippen LogP contribution in [0.15, 0.2) is 18.2 Å². The van der Waals surface area contributed by atoms with E-state index in [0.717, 1.165) is 12.8 Å². The van der Waals surface area contributed by atoms with Gasteiger partial charge in [-0.3, -0.25) is 19.3 Å². The van der Waals surface area contributed by atoms with Gasteiger partial charge in [0.1, 0.15) is 5.75 Å². The molecule has 7 nitrogen and oxygen atoms in total. The minimum Gasteiger partial charge on any atom is -0.496 e. The van der Waals surface area contributed by atoms with Gasteiger partial charge < -0.3 is 15.2 Å². The predicted molar refractivity (Wildman–Crippen MR) is 96.5 cm³/mol. The van der Waals surface area contributed by atoms with E-state index in [2.05, 4.69) is 5.32 Å². The third-order valence-corrected chi connectivity index (χ3v) is 4.78. The van der Waals surface area contributed by atoms with Gasteiger partial charge in [0.25, 0.3) is 0 Å². The van der Waals surface area contributed by atoms with Crippen LogP contribution in [0.25, 0.3) is 0 Å². The first-order valence-electron chi connectivity index (χ1n) is 8.77. The number of nitrogens with one attached hydrogen (secondary N) is 1. The molecule has 2 rings (SSSR count). The van der Waals surface area contributed by atoms with Crippen LogP contribution in [0.3, 0.4) is 0 Å². The lowest BCUT2D eigenvalue weighted by Crippen LogP contribution is -2.55. The first kappa shape index (κ1) is 19.9. The summed E-state index contributed by atoms with van der Waals surface area (Å²) in [5, 5.41) is 11.9. The number of ketones is 1. The maximum absolute atomic E-state index is 12.3. The predicted octanol–water partition coefficient (Wildman–Crippen LogP) is 1.49. The second kappa shape index (κ2) is 8.80. The second-order valence-electron chi connectivity index (χ2n) is 6.61. The molecule has 0 spiro atoms. The van der Waals surface area contributed by atoms with Crippen LogP contribution in [-0.4, -0.2) is 59.9 Å². The quantitative estimate of drug-likeness (QED) is 0.646. The maximum atomic E-state index is 12.3. The van der Waals surface area contributed by atoms with Gasteiger partial charge in [0.2, 0.25) is 5.91 Å². The zero-order chi connectivity index (χ0) is 19.3. The van der Waals surface area contributed by atoms with E-state index in [1.54, 1.807) is 18.2 Å². The summed E-state index contributed by atoms with van der Waals surface area (Å²) in [6, 6.07) is 5.31. The molecule has 0 unspecified atom stereocenters. The minimum atomic E-state index is -0.836. The lowest BCUT2D eigenvalue weighted by molar-refractivity contribution is -0.139. The number of hydrogen-bond acceptors (Lipinski definition) is 5. The smallest absolute Gasteiger partial charge is 0.317 e. The maximum Gasteiger partial charge on any atom is 0.317 e. The molecule has 1 aliphatic rings. The van der Waals surface area contributed by atoms with Crippen molar-refractivity contribution in [2.24, 2.45) is 0 Å². The molecule has 0 radical (unpaired) electrons. The van der Waals surface area contributed by atoms with Crippen molar-refractivity contribution in [3.8, 4) is 5.75 Å². The van der Waals surface area contributed by atoms with E-state index in [1.165, 1.54) is 14.0 Å². The monoisotopic (exact) mass is 362 g/mol. The number of hydrogen-bond donors (Lipinski definition) is 2. The van der Waals surface area contributed by atoms with Gasteiger partial charge in [0.05, 0.1) is 20.1 Å². The van der Waals surface area contributed by atoms with Gasteiger partial charge in [-0.1, -0.05) is 6.92 Å². The molecule has 142 valence electrons. The lowest BCUT2D eigenvalue weighted by atomic mass is 9.85. The topological polar surface area (TPSA) is 95.9 Å². The Balaban J connectivity index is 1.89. The zero-order valence-electron chi connectivity index (χ0n) is 15.4. The number of amides is 1. The first-order valence-corrected chi connectivity index (χ1v) is 8.77. The number of methoxy groups -OCH3 is 1. The fourth-order valence-electron chi connectivity index (χ4n) is 3.26. The minimum absolute atomic E-state index is 0.0247. The molecular weight excluding hydrogens is 336 g/mol. The van der Waals surface area contributed by atoms with Crippen molar-refractivity contribution in [2.45, 2.75) is 45.2 Å². The number of likely N-dealkylation sites (N-methyl/N-ethyl adjacent to an activating group) is 1. The number of benzene rings is 1. The summed E-state index contributed by atoms with van der Waals surface area (Å²) >= 11 is 0. The molecule has 0 atom stereocenters. The molecule has 1 saturated carbocycles. The molecule has 2 N–H and O–H groups in total. The van der Waals surface area contributed by atoms with Crippen LogP contribution in [-0.2, 0) is 16.0 Å². The summed E-state index contributed by atoms with van der Waals surface area (Å²) in [5.74, 6) is -0.449. The number of nitrogens with zero attached hydrogens (tertiary/aromatic N) is 1. The highest BCUT2D eigenvalue weighted by molar-refractivity contribution is 5.94. The molecule has 1 aliphatic carbocycles. The molecule has 0 bridgehead atoms. The van der Waals surface area contributed by atoms with Crippen LogP contribution in [0.2, 0.25) is 0 Å². The summed E-state index contributed by atoms with van der Waals surface area (Å²) in [7, 11) is 1.53. The number of carboxylic acids is 1. The zero-order valence-corrected chi connectivity index (χ0v) is 15.4. The summed E-state index contributed by atoms with van der Waals surface area (Å²) in [6.45, 7) is 4.11. The Labute approximate surface area is 153 Å². The van der Waals surface area contributed by atoms with E-state index in [1.807, 2.05) is 11.8 Å². The molecule has 1 aromatic carbocycles. The fourth-order valence-corrected chi connectivity index (χ4v) is 3.26. The largest absolute Gasteiger partial charge is 0.496 e. The van der Waals surface area contributed by atoms with Crippen molar-refractivity contribution >= 4 is 17.7 Å². The van der Waals surface area contributed by atoms with E-state index in [4.69, 9.17) is 9.84 Å². The third kappa shape index (κ3) is 5.05. The number of carbonyl (C=O) groups excluding carboxylic acids is 2. The van der Waals surface area contributed by atoms with Crippen LogP contribution in [0.1, 0.15) is 42.6 Å². The molecule has 0 heterocycles. The van der Waals surface area contributed by atoms with E-state index in [-0.39, 0.29) is 36.7 Å². The highest BCUT2D eigenvalue weighted by atomic mass is 16.5. The molecule has 1 fully saturated rings. The number of ether oxygens (including phenoxy) is 1. The van der Waals surface area contributed by atoms with Gasteiger partial charge in [-0.05, 0) is 44.5 Å². The summed E-state index contributed by atoms with van der Waals surface area (Å²) in [6.07, 6.45) is 1.63. The number of aliphatic carboxylic acids is 1. The summed E-state index contributed by atoms with van der Waals surface area (Å²) in [5.41, 5.74) is 1.22. The number of rotatable bonds is 9. The van der Waals surface area contributed by atoms with Crippen molar-refractivity contribution in [1.82, 2.24) is 10.2 Å². The van der Waals surface area contributed by atoms with Gasteiger partial charge in [-0.15, -0.1) is 0 Å². The number of carboxylic acid groups (broad SMARTS) is 1. The Kier molecular flexibility index (Phi) is 6.74. The Bertz CT molecular complexity index is 683. The SMILES string of the molecule is CCN(CC(=O)O)C1CC(NC(=O)Cc2cc(C(C)=O)ccc2OC)C1. The first-order chi connectivity index (χ1) is 12.3. The van der Waals surface area contributed by atoms with Gasteiger partial charge in [0.15, 0.2) is 5.78 Å². The molecule has 26 heavy (non-hydrogen) atoms. The Hall–Kier alpha value is -2.41. The van der Waals surface area contributed by atoms with E-state index in [0.29, 0.717) is 23.4 Å². The van der Waals surface area contributed by atoms with Crippen LogP contribution in [0, 0.1) is 0 Å². The summed E-state index contributed by atoms with van der Waals surface area (Å²) in [4.78, 5) is 36.6. The molecule has 7 heteroatoms. The Morgan fingerprint density at radius 3 is 2.54 bits per heavy atom. The molecule has 0 saturated heterocycles. The fraction of sp³-hybridized carbons (Fsp3) is 0.526. The van der Waals surface area contributed by atoms with Crippen LogP contribution < -0.4 is 10.1 Å². The molecule has 0 aliphatic heterocycles. The number of carbonyl (C=O) groups is 3. The van der Waals surface area contributed by atoms with Crippen molar-refractivity contribution in [3.63, 3.8) is 0 Å². The Morgan fingerprint density at radius 2 is 2.00 bits per heavy atom. The van der Waals surface area contributed by atoms with Gasteiger partial charge in [0, 0.05) is 23.2 Å². The van der Waals surface area contributed by atoms with Gasteiger partial charge in [-0.25, -0.2) is 0 Å². The molecule has 0 aromatic heterocycles. The molecule has 1 amide bonds. The van der Waals surface area contributed by atoms with Crippen molar-refractivity contribution in [1.29, 1.82) is 0 Å². The number of Topliss-reactive ketones (excluding diaryl/α,β-unsaturated/α-hetero) is 1. The van der Waals surface area contributed by atoms with E-state index in [9.17, 15) is 14.4 Å². The third-order valence-electron chi connectivity index (χ3n) is 4.78. The van der Waals surface area contributed by atoms with Crippen molar-refractivity contribution < 1.29 is 24.2 Å². The molecular formula is C19H26N2O5. The highest BCUT2D eigenvalue weighted by Crippen LogP contribution is 2.26. The normalized spacial score (nSPS) is 18.9. The lowest BCUT2D eigenvalue weighted by Gasteiger charge is -2.42. The standard InChI is InChI=1S/C19H26N2O5/c1-4-21(11-19(24)25)16-9-15(10-16)20-18(23)8-14-7-13(12(2)22)5-6-17(14)26-3/h5-7,15-16H,4,8-11H2,1-3H3,(H,20,23)(H,24,25). The van der Waals surface area contributed by atoms with Crippen molar-refractivity contribution in [3.05, 3.63) is 29.3 Å². The van der Waals surface area contributed by atoms with Gasteiger partial charge >= 0.3 is 5.97 Å². The average Bonchev–Trinajstić information content (AvgIpc) is 2.55. The van der Waals surface area contributed by atoms with Crippen molar-refractivity contribution in [2.75, 3.05) is 20.2 Å². The second-order valence-corrected chi connectivity index (χ2v) is 6.61. The van der Waals surface area contributed by atoms with Crippen LogP contribution >= 0.6 is 0 Å².